The Morgan fingerprint density at radius 3 is 3.06 bits per heavy atom. The number of aromatic nitrogens is 1. The van der Waals surface area contributed by atoms with Gasteiger partial charge in [-0.2, -0.15) is 4.39 Å². The first kappa shape index (κ1) is 12.6. The van der Waals surface area contributed by atoms with Crippen molar-refractivity contribution in [1.29, 1.82) is 0 Å². The minimum atomic E-state index is -0.670. The van der Waals surface area contributed by atoms with Crippen LogP contribution >= 0.6 is 0 Å². The highest BCUT2D eigenvalue weighted by molar-refractivity contribution is 5.93. The number of carbonyl (C=O) groups is 1. The van der Waals surface area contributed by atoms with Crippen LogP contribution in [0.1, 0.15) is 23.7 Å². The zero-order valence-electron chi connectivity index (χ0n) is 9.11. The second-order valence-electron chi connectivity index (χ2n) is 3.69. The zero-order chi connectivity index (χ0) is 12.0. The van der Waals surface area contributed by atoms with Crippen molar-refractivity contribution in [3.63, 3.8) is 0 Å². The first-order chi connectivity index (χ1) is 7.63. The van der Waals surface area contributed by atoms with Gasteiger partial charge in [0.25, 0.3) is 5.91 Å². The van der Waals surface area contributed by atoms with E-state index in [-0.39, 0.29) is 24.0 Å². The number of amides is 1. The molecule has 0 bridgehead atoms. The van der Waals surface area contributed by atoms with Crippen molar-refractivity contribution < 1.29 is 14.3 Å². The highest BCUT2D eigenvalue weighted by atomic mass is 19.1. The topological polar surface area (TPSA) is 62.2 Å². The average Bonchev–Trinajstić information content (AvgIpc) is 2.26. The molecule has 0 aliphatic heterocycles. The Kier molecular flexibility index (Phi) is 4.85. The molecule has 0 spiro atoms. The summed E-state index contributed by atoms with van der Waals surface area (Å²) in [7, 11) is 0. The van der Waals surface area contributed by atoms with E-state index < -0.39 is 5.95 Å². The number of nitrogens with one attached hydrogen (secondary N) is 1. The third kappa shape index (κ3) is 3.94. The molecular formula is C11H15FN2O2. The van der Waals surface area contributed by atoms with Gasteiger partial charge in [-0.1, -0.05) is 6.92 Å². The molecule has 0 aromatic carbocycles. The third-order valence-corrected chi connectivity index (χ3v) is 2.22. The van der Waals surface area contributed by atoms with Crippen molar-refractivity contribution in [2.75, 3.05) is 13.2 Å². The Bertz CT molecular complexity index is 358. The van der Waals surface area contributed by atoms with E-state index in [1.54, 1.807) is 0 Å². The summed E-state index contributed by atoms with van der Waals surface area (Å²) < 4.78 is 12.7. The van der Waals surface area contributed by atoms with Crippen molar-refractivity contribution >= 4 is 5.91 Å². The molecule has 88 valence electrons. The van der Waals surface area contributed by atoms with E-state index in [1.165, 1.54) is 12.3 Å². The summed E-state index contributed by atoms with van der Waals surface area (Å²) in [6.07, 6.45) is 1.88. The third-order valence-electron chi connectivity index (χ3n) is 2.22. The second kappa shape index (κ2) is 6.17. The molecule has 16 heavy (non-hydrogen) atoms. The van der Waals surface area contributed by atoms with Crippen molar-refractivity contribution in [2.24, 2.45) is 5.92 Å². The number of pyridine rings is 1. The fourth-order valence-corrected chi connectivity index (χ4v) is 1.24. The molecule has 1 unspecified atom stereocenters. The SMILES string of the molecule is CC(CCO)CNC(=O)c1ccnc(F)c1. The van der Waals surface area contributed by atoms with Gasteiger partial charge in [0.05, 0.1) is 0 Å². The molecule has 1 amide bonds. The number of nitrogens with zero attached hydrogens (tertiary/aromatic N) is 1. The number of hydrogen-bond acceptors (Lipinski definition) is 3. The Hall–Kier alpha value is -1.49. The molecule has 0 saturated heterocycles. The van der Waals surface area contributed by atoms with Crippen LogP contribution in [0.4, 0.5) is 4.39 Å². The van der Waals surface area contributed by atoms with Crippen LogP contribution in [0.5, 0.6) is 0 Å². The predicted molar refractivity (Wildman–Crippen MR) is 57.4 cm³/mol. The van der Waals surface area contributed by atoms with Gasteiger partial charge in [0.2, 0.25) is 5.95 Å². The number of aliphatic hydroxyl groups excluding tert-OH is 1. The average molecular weight is 226 g/mol. The fourth-order valence-electron chi connectivity index (χ4n) is 1.24. The Balaban J connectivity index is 2.47. The lowest BCUT2D eigenvalue weighted by Crippen LogP contribution is -2.28. The number of aliphatic hydroxyl groups is 1. The Morgan fingerprint density at radius 2 is 2.44 bits per heavy atom. The quantitative estimate of drug-likeness (QED) is 0.735. The minimum absolute atomic E-state index is 0.0981. The molecule has 2 N–H and O–H groups in total. The largest absolute Gasteiger partial charge is 0.396 e. The maximum atomic E-state index is 12.7. The summed E-state index contributed by atoms with van der Waals surface area (Å²) in [4.78, 5) is 14.9. The lowest BCUT2D eigenvalue weighted by molar-refractivity contribution is 0.0945. The maximum Gasteiger partial charge on any atom is 0.251 e. The summed E-state index contributed by atoms with van der Waals surface area (Å²) in [6, 6.07) is 2.54. The molecule has 0 saturated carbocycles. The van der Waals surface area contributed by atoms with E-state index in [9.17, 15) is 9.18 Å². The van der Waals surface area contributed by atoms with Gasteiger partial charge in [0, 0.05) is 31.0 Å². The molecule has 1 rings (SSSR count). The van der Waals surface area contributed by atoms with Crippen LogP contribution < -0.4 is 5.32 Å². The molecule has 1 heterocycles. The molecule has 1 aromatic rings. The van der Waals surface area contributed by atoms with E-state index in [0.29, 0.717) is 13.0 Å². The predicted octanol–water partition coefficient (Wildman–Crippen LogP) is 0.969. The molecule has 4 nitrogen and oxygen atoms in total. The molecular weight excluding hydrogens is 211 g/mol. The van der Waals surface area contributed by atoms with Gasteiger partial charge >= 0.3 is 0 Å². The normalized spacial score (nSPS) is 12.2. The fraction of sp³-hybridized carbons (Fsp3) is 0.455. The Morgan fingerprint density at radius 1 is 1.69 bits per heavy atom. The summed E-state index contributed by atoms with van der Waals surface area (Å²) in [5.41, 5.74) is 0.253. The van der Waals surface area contributed by atoms with Gasteiger partial charge in [-0.05, 0) is 18.4 Å². The molecule has 0 radical (unpaired) electrons. The number of carbonyl (C=O) groups excluding carboxylic acids is 1. The summed E-state index contributed by atoms with van der Waals surface area (Å²) in [6.45, 7) is 2.48. The maximum absolute atomic E-state index is 12.7. The first-order valence-electron chi connectivity index (χ1n) is 5.14. The lowest BCUT2D eigenvalue weighted by Gasteiger charge is -2.10. The van der Waals surface area contributed by atoms with Crippen LogP contribution in [0, 0.1) is 11.9 Å². The highest BCUT2D eigenvalue weighted by Gasteiger charge is 2.08. The van der Waals surface area contributed by atoms with E-state index in [1.807, 2.05) is 6.92 Å². The molecule has 0 fully saturated rings. The zero-order valence-corrected chi connectivity index (χ0v) is 9.11. The van der Waals surface area contributed by atoms with Crippen molar-refractivity contribution in [2.45, 2.75) is 13.3 Å². The van der Waals surface area contributed by atoms with Gasteiger partial charge in [-0.15, -0.1) is 0 Å². The number of hydrogen-bond donors (Lipinski definition) is 2. The van der Waals surface area contributed by atoms with Gasteiger partial charge in [-0.3, -0.25) is 4.79 Å². The van der Waals surface area contributed by atoms with Gasteiger partial charge in [0.1, 0.15) is 0 Å². The summed E-state index contributed by atoms with van der Waals surface area (Å²) >= 11 is 0. The van der Waals surface area contributed by atoms with E-state index in [0.717, 1.165) is 6.07 Å². The standard InChI is InChI=1S/C11H15FN2O2/c1-8(3-5-15)7-14-11(16)9-2-4-13-10(12)6-9/h2,4,6,8,15H,3,5,7H2,1H3,(H,14,16). The monoisotopic (exact) mass is 226 g/mol. The van der Waals surface area contributed by atoms with Crippen LogP contribution in [0.15, 0.2) is 18.3 Å². The van der Waals surface area contributed by atoms with E-state index in [4.69, 9.17) is 5.11 Å². The smallest absolute Gasteiger partial charge is 0.251 e. The molecule has 0 aliphatic carbocycles. The van der Waals surface area contributed by atoms with Crippen LogP contribution in [-0.2, 0) is 0 Å². The molecule has 1 atom stereocenters. The van der Waals surface area contributed by atoms with E-state index >= 15 is 0 Å². The van der Waals surface area contributed by atoms with Gasteiger partial charge < -0.3 is 10.4 Å². The second-order valence-corrected chi connectivity index (χ2v) is 3.69. The van der Waals surface area contributed by atoms with E-state index in [2.05, 4.69) is 10.3 Å². The highest BCUT2D eigenvalue weighted by Crippen LogP contribution is 2.02. The van der Waals surface area contributed by atoms with Crippen LogP contribution in [0.25, 0.3) is 0 Å². The van der Waals surface area contributed by atoms with Crippen molar-refractivity contribution in [3.05, 3.63) is 29.8 Å². The van der Waals surface area contributed by atoms with Crippen molar-refractivity contribution in [3.8, 4) is 0 Å². The molecule has 0 aliphatic rings. The molecule has 1 aromatic heterocycles. The Labute approximate surface area is 93.5 Å². The van der Waals surface area contributed by atoms with Gasteiger partial charge in [0.15, 0.2) is 0 Å². The number of halogens is 1. The molecule has 5 heteroatoms. The van der Waals surface area contributed by atoms with Gasteiger partial charge in [-0.25, -0.2) is 4.98 Å². The minimum Gasteiger partial charge on any atom is -0.396 e. The van der Waals surface area contributed by atoms with Crippen LogP contribution in [-0.4, -0.2) is 29.1 Å². The lowest BCUT2D eigenvalue weighted by atomic mass is 10.1. The van der Waals surface area contributed by atoms with Crippen LogP contribution in [0.2, 0.25) is 0 Å². The van der Waals surface area contributed by atoms with Crippen LogP contribution in [0.3, 0.4) is 0 Å². The first-order valence-corrected chi connectivity index (χ1v) is 5.14. The summed E-state index contributed by atoms with van der Waals surface area (Å²) in [5.74, 6) is -0.803. The van der Waals surface area contributed by atoms with Crippen molar-refractivity contribution in [1.82, 2.24) is 10.3 Å². The number of rotatable bonds is 5. The summed E-state index contributed by atoms with van der Waals surface area (Å²) in [5, 5.41) is 11.4.